The van der Waals surface area contributed by atoms with Gasteiger partial charge in [-0.2, -0.15) is 0 Å². The van der Waals surface area contributed by atoms with Gasteiger partial charge in [-0.15, -0.1) is 11.6 Å². The van der Waals surface area contributed by atoms with Crippen molar-refractivity contribution in [1.82, 2.24) is 0 Å². The lowest BCUT2D eigenvalue weighted by Crippen LogP contribution is -2.13. The summed E-state index contributed by atoms with van der Waals surface area (Å²) in [6.07, 6.45) is 0. The van der Waals surface area contributed by atoms with E-state index in [4.69, 9.17) is 11.6 Å². The van der Waals surface area contributed by atoms with Crippen LogP contribution in [0.3, 0.4) is 0 Å². The average Bonchev–Trinajstić information content (AvgIpc) is 2.30. The SMILES string of the molecule is CC(=O)C(C)c1ccc(NC(=O)CCl)c(O)c1. The Morgan fingerprint density at radius 2 is 2.12 bits per heavy atom. The first kappa shape index (κ1) is 13.5. The minimum Gasteiger partial charge on any atom is -0.506 e. The van der Waals surface area contributed by atoms with Gasteiger partial charge in [-0.3, -0.25) is 9.59 Å². The lowest BCUT2D eigenvalue weighted by Gasteiger charge is -2.11. The van der Waals surface area contributed by atoms with Crippen LogP contribution in [0.1, 0.15) is 25.3 Å². The molecule has 0 heterocycles. The third-order valence-corrected chi connectivity index (χ3v) is 2.77. The van der Waals surface area contributed by atoms with Crippen molar-refractivity contribution in [2.45, 2.75) is 19.8 Å². The second kappa shape index (κ2) is 5.68. The van der Waals surface area contributed by atoms with Crippen LogP contribution < -0.4 is 5.32 Å². The molecule has 0 fully saturated rings. The Bertz CT molecular complexity index is 445. The molecular weight excluding hydrogens is 242 g/mol. The van der Waals surface area contributed by atoms with Crippen molar-refractivity contribution in [3.05, 3.63) is 23.8 Å². The van der Waals surface area contributed by atoms with E-state index in [1.165, 1.54) is 13.0 Å². The second-order valence-corrected chi connectivity index (χ2v) is 4.06. The number of ketones is 1. The van der Waals surface area contributed by atoms with Crippen molar-refractivity contribution in [1.29, 1.82) is 0 Å². The number of halogens is 1. The van der Waals surface area contributed by atoms with E-state index in [-0.39, 0.29) is 29.0 Å². The minimum absolute atomic E-state index is 0.0157. The maximum Gasteiger partial charge on any atom is 0.239 e. The summed E-state index contributed by atoms with van der Waals surface area (Å²) in [6.45, 7) is 3.25. The molecule has 1 atom stereocenters. The summed E-state index contributed by atoms with van der Waals surface area (Å²) in [5.41, 5.74) is 0.994. The predicted molar refractivity (Wildman–Crippen MR) is 66.6 cm³/mol. The molecule has 1 amide bonds. The van der Waals surface area contributed by atoms with Gasteiger partial charge in [0.15, 0.2) is 0 Å². The van der Waals surface area contributed by atoms with Crippen LogP contribution in [0.4, 0.5) is 5.69 Å². The largest absolute Gasteiger partial charge is 0.506 e. The molecule has 0 saturated heterocycles. The molecule has 0 saturated carbocycles. The number of rotatable bonds is 4. The van der Waals surface area contributed by atoms with E-state index in [1.807, 2.05) is 0 Å². The Balaban J connectivity index is 2.93. The van der Waals surface area contributed by atoms with Gasteiger partial charge in [0.25, 0.3) is 0 Å². The van der Waals surface area contributed by atoms with Crippen molar-refractivity contribution in [3.8, 4) is 5.75 Å². The number of phenols is 1. The first-order valence-electron chi connectivity index (χ1n) is 5.15. The number of alkyl halides is 1. The molecule has 2 N–H and O–H groups in total. The highest BCUT2D eigenvalue weighted by Gasteiger charge is 2.13. The summed E-state index contributed by atoms with van der Waals surface area (Å²) >= 11 is 5.34. The van der Waals surface area contributed by atoms with Crippen LogP contribution in [0.5, 0.6) is 5.75 Å². The fourth-order valence-electron chi connectivity index (χ4n) is 1.34. The van der Waals surface area contributed by atoms with E-state index in [9.17, 15) is 14.7 Å². The average molecular weight is 256 g/mol. The van der Waals surface area contributed by atoms with Crippen molar-refractivity contribution in [3.63, 3.8) is 0 Å². The maximum atomic E-state index is 11.2. The number of anilines is 1. The normalized spacial score (nSPS) is 11.9. The molecule has 1 unspecified atom stereocenters. The standard InChI is InChI=1S/C12H14ClNO3/c1-7(8(2)15)9-3-4-10(11(16)5-9)14-12(17)6-13/h3-5,7,16H,6H2,1-2H3,(H,14,17). The molecular formula is C12H14ClNO3. The number of carbonyl (C=O) groups excluding carboxylic acids is 2. The first-order valence-corrected chi connectivity index (χ1v) is 5.68. The number of benzene rings is 1. The molecule has 4 nitrogen and oxygen atoms in total. The quantitative estimate of drug-likeness (QED) is 0.641. The van der Waals surface area contributed by atoms with Crippen LogP contribution >= 0.6 is 11.6 Å². The van der Waals surface area contributed by atoms with Crippen LogP contribution in [-0.4, -0.2) is 22.7 Å². The van der Waals surface area contributed by atoms with Gasteiger partial charge in [-0.25, -0.2) is 0 Å². The van der Waals surface area contributed by atoms with Crippen LogP contribution in [0.2, 0.25) is 0 Å². The van der Waals surface area contributed by atoms with Crippen LogP contribution in [-0.2, 0) is 9.59 Å². The Kier molecular flexibility index (Phi) is 4.52. The molecule has 92 valence electrons. The van der Waals surface area contributed by atoms with Gasteiger partial charge in [0.2, 0.25) is 5.91 Å². The maximum absolute atomic E-state index is 11.2. The van der Waals surface area contributed by atoms with Crippen molar-refractivity contribution in [2.75, 3.05) is 11.2 Å². The Morgan fingerprint density at radius 3 is 2.59 bits per heavy atom. The third kappa shape index (κ3) is 3.46. The van der Waals surface area contributed by atoms with Gasteiger partial charge in [0.1, 0.15) is 17.4 Å². The van der Waals surface area contributed by atoms with Crippen molar-refractivity contribution >= 4 is 29.0 Å². The van der Waals surface area contributed by atoms with Crippen molar-refractivity contribution in [2.24, 2.45) is 0 Å². The molecule has 0 radical (unpaired) electrons. The molecule has 0 aliphatic heterocycles. The summed E-state index contributed by atoms with van der Waals surface area (Å²) in [5, 5.41) is 12.1. The van der Waals surface area contributed by atoms with Gasteiger partial charge < -0.3 is 10.4 Å². The number of carbonyl (C=O) groups is 2. The lowest BCUT2D eigenvalue weighted by atomic mass is 9.97. The smallest absolute Gasteiger partial charge is 0.239 e. The van der Waals surface area contributed by atoms with E-state index in [1.54, 1.807) is 19.1 Å². The zero-order chi connectivity index (χ0) is 13.0. The van der Waals surface area contributed by atoms with E-state index in [2.05, 4.69) is 5.32 Å². The summed E-state index contributed by atoms with van der Waals surface area (Å²) in [4.78, 5) is 22.2. The van der Waals surface area contributed by atoms with E-state index < -0.39 is 5.91 Å². The molecule has 5 heteroatoms. The monoisotopic (exact) mass is 255 g/mol. The first-order chi connectivity index (χ1) is 7.95. The molecule has 0 aliphatic carbocycles. The minimum atomic E-state index is -0.394. The van der Waals surface area contributed by atoms with Gasteiger partial charge in [0.05, 0.1) is 5.69 Å². The third-order valence-electron chi connectivity index (χ3n) is 2.53. The zero-order valence-electron chi connectivity index (χ0n) is 9.66. The predicted octanol–water partition coefficient (Wildman–Crippen LogP) is 2.26. The van der Waals surface area contributed by atoms with E-state index in [0.29, 0.717) is 5.56 Å². The number of hydrogen-bond acceptors (Lipinski definition) is 3. The summed E-state index contributed by atoms with van der Waals surface area (Å²) in [6, 6.07) is 4.71. The summed E-state index contributed by atoms with van der Waals surface area (Å²) in [7, 11) is 0. The highest BCUT2D eigenvalue weighted by molar-refractivity contribution is 6.29. The van der Waals surface area contributed by atoms with Crippen LogP contribution in [0.15, 0.2) is 18.2 Å². The summed E-state index contributed by atoms with van der Waals surface area (Å²) < 4.78 is 0. The number of hydrogen-bond donors (Lipinski definition) is 2. The molecule has 1 aromatic carbocycles. The lowest BCUT2D eigenvalue weighted by molar-refractivity contribution is -0.118. The van der Waals surface area contributed by atoms with Crippen LogP contribution in [0.25, 0.3) is 0 Å². The Hall–Kier alpha value is -1.55. The van der Waals surface area contributed by atoms with Gasteiger partial charge >= 0.3 is 0 Å². The van der Waals surface area contributed by atoms with Gasteiger partial charge in [0, 0.05) is 5.92 Å². The number of Topliss-reactive ketones (excluding diaryl/α,β-unsaturated/α-hetero) is 1. The van der Waals surface area contributed by atoms with Crippen LogP contribution in [0, 0.1) is 0 Å². The Morgan fingerprint density at radius 1 is 1.47 bits per heavy atom. The molecule has 0 aliphatic rings. The van der Waals surface area contributed by atoms with Crippen molar-refractivity contribution < 1.29 is 14.7 Å². The molecule has 1 aromatic rings. The van der Waals surface area contributed by atoms with E-state index in [0.717, 1.165) is 0 Å². The number of amides is 1. The number of aromatic hydroxyl groups is 1. The highest BCUT2D eigenvalue weighted by atomic mass is 35.5. The fraction of sp³-hybridized carbons (Fsp3) is 0.333. The number of nitrogens with one attached hydrogen (secondary N) is 1. The molecule has 1 rings (SSSR count). The zero-order valence-corrected chi connectivity index (χ0v) is 10.4. The van der Waals surface area contributed by atoms with Gasteiger partial charge in [-0.05, 0) is 24.6 Å². The van der Waals surface area contributed by atoms with E-state index >= 15 is 0 Å². The molecule has 0 bridgehead atoms. The molecule has 0 spiro atoms. The molecule has 17 heavy (non-hydrogen) atoms. The Labute approximate surface area is 105 Å². The fourth-order valence-corrected chi connectivity index (χ4v) is 1.41. The second-order valence-electron chi connectivity index (χ2n) is 3.79. The van der Waals surface area contributed by atoms with Gasteiger partial charge in [-0.1, -0.05) is 13.0 Å². The summed E-state index contributed by atoms with van der Waals surface area (Å²) in [5.74, 6) is -0.908. The molecule has 0 aromatic heterocycles. The highest BCUT2D eigenvalue weighted by Crippen LogP contribution is 2.28. The number of phenolic OH excluding ortho intramolecular Hbond substituents is 1. The topological polar surface area (TPSA) is 66.4 Å².